The van der Waals surface area contributed by atoms with E-state index in [0.29, 0.717) is 13.0 Å². The summed E-state index contributed by atoms with van der Waals surface area (Å²) in [5.41, 5.74) is 0. The molecule has 2 fully saturated rings. The molecule has 0 spiro atoms. The Balaban J connectivity index is 1.69. The zero-order valence-electron chi connectivity index (χ0n) is 51.2. The highest BCUT2D eigenvalue weighted by Gasteiger charge is 2.47. The Hall–Kier alpha value is -2.83. The molecule has 11 unspecified atom stereocenters. The molecule has 0 aromatic rings. The van der Waals surface area contributed by atoms with Crippen LogP contribution < -0.4 is 0 Å². The maximum absolute atomic E-state index is 13.1. The van der Waals surface area contributed by atoms with E-state index in [2.05, 4.69) is 98.9 Å². The van der Waals surface area contributed by atoms with Gasteiger partial charge in [-0.05, 0) is 70.6 Å². The van der Waals surface area contributed by atoms with Crippen LogP contribution >= 0.6 is 0 Å². The molecule has 0 amide bonds. The van der Waals surface area contributed by atoms with E-state index in [9.17, 15) is 40.5 Å². The quantitative estimate of drug-likeness (QED) is 0.0172. The predicted molar refractivity (Wildman–Crippen MR) is 330 cm³/mol. The van der Waals surface area contributed by atoms with Crippen molar-refractivity contribution in [2.24, 2.45) is 0 Å². The molecule has 0 aliphatic carbocycles. The van der Waals surface area contributed by atoms with Crippen LogP contribution in [0.15, 0.2) is 85.1 Å². The van der Waals surface area contributed by atoms with Crippen LogP contribution in [-0.4, -0.2) is 142 Å². The van der Waals surface area contributed by atoms with Crippen LogP contribution in [0.25, 0.3) is 0 Å². The number of rotatable bonds is 53. The Kier molecular flexibility index (Phi) is 49.2. The lowest BCUT2D eigenvalue weighted by atomic mass is 9.98. The van der Waals surface area contributed by atoms with E-state index in [1.807, 2.05) is 0 Å². The van der Waals surface area contributed by atoms with E-state index in [1.54, 1.807) is 0 Å². The van der Waals surface area contributed by atoms with Crippen LogP contribution in [0.3, 0.4) is 0 Å². The fourth-order valence-electron chi connectivity index (χ4n) is 9.97. The third-order valence-electron chi connectivity index (χ3n) is 15.2. The summed E-state index contributed by atoms with van der Waals surface area (Å²) < 4.78 is 34.4. The summed E-state index contributed by atoms with van der Waals surface area (Å²) in [6.07, 6.45) is 55.2. The zero-order chi connectivity index (χ0) is 59.4. The van der Waals surface area contributed by atoms with Crippen molar-refractivity contribution in [3.05, 3.63) is 85.1 Å². The normalized spacial score (nSPS) is 24.1. The zero-order valence-corrected chi connectivity index (χ0v) is 51.2. The molecule has 2 aliphatic heterocycles. The molecule has 0 radical (unpaired) electrons. The molecule has 7 N–H and O–H groups in total. The molecule has 474 valence electrons. The average molecular weight is 1160 g/mol. The first-order valence-corrected chi connectivity index (χ1v) is 32.7. The number of carbonyl (C=O) groups excluding carboxylic acids is 1. The van der Waals surface area contributed by atoms with E-state index in [0.717, 1.165) is 83.5 Å². The van der Waals surface area contributed by atoms with Crippen molar-refractivity contribution < 1.29 is 69.0 Å². The Morgan fingerprint density at radius 2 is 0.793 bits per heavy atom. The second-order valence-corrected chi connectivity index (χ2v) is 22.6. The lowest BCUT2D eigenvalue weighted by Gasteiger charge is -2.42. The van der Waals surface area contributed by atoms with Crippen molar-refractivity contribution >= 4 is 5.97 Å². The van der Waals surface area contributed by atoms with Crippen LogP contribution in [0, 0.1) is 0 Å². The molecule has 0 aromatic heterocycles. The first-order chi connectivity index (χ1) is 40.1. The molecule has 0 bridgehead atoms. The summed E-state index contributed by atoms with van der Waals surface area (Å²) in [5, 5.41) is 72.5. The Labute approximate surface area is 497 Å². The third kappa shape index (κ3) is 39.0. The highest BCUT2D eigenvalue weighted by atomic mass is 16.7. The molecule has 2 heterocycles. The second-order valence-electron chi connectivity index (χ2n) is 22.6. The minimum absolute atomic E-state index is 0.0291. The highest BCUT2D eigenvalue weighted by molar-refractivity contribution is 5.69. The van der Waals surface area contributed by atoms with E-state index in [1.165, 1.54) is 128 Å². The van der Waals surface area contributed by atoms with E-state index >= 15 is 0 Å². The van der Waals surface area contributed by atoms with E-state index < -0.39 is 80.7 Å². The molecule has 0 aromatic carbocycles. The van der Waals surface area contributed by atoms with Gasteiger partial charge in [-0.25, -0.2) is 0 Å². The van der Waals surface area contributed by atoms with Gasteiger partial charge in [-0.3, -0.25) is 4.79 Å². The fourth-order valence-corrected chi connectivity index (χ4v) is 9.97. The molecule has 2 saturated heterocycles. The third-order valence-corrected chi connectivity index (χ3v) is 15.2. The fraction of sp³-hybridized carbons (Fsp3) is 0.779. The summed E-state index contributed by atoms with van der Waals surface area (Å²) >= 11 is 0. The molecular weight excluding hydrogens is 1040 g/mol. The van der Waals surface area contributed by atoms with Crippen LogP contribution in [0.5, 0.6) is 0 Å². The standard InChI is InChI=1S/C68H118O14/c1-3-5-7-9-11-13-15-17-19-21-23-25-27-29-31-33-35-37-39-41-43-45-47-49-51-60(70)80-57(55-78-67-66(76)64(74)62(72)59(82-67)56-79-68-65(75)63(73)61(71)58(53-69)81-68)54-77-52-50-48-46-44-42-40-38-36-34-32-30-28-26-24-22-20-18-16-14-12-10-8-6-4-2/h6,8,12,14,18,20,24,26,30,32,36,38,42,44,57-59,61-69,71-76H,3-5,7,9-11,13,15-17,19,21-23,25,27-29,31,33-35,37,39-41,43,45-56H2,1-2H3/b8-6-,14-12-,20-18-,26-24-,32-30-,38-36-,44-42-. The number of esters is 1. The number of allylic oxidation sites excluding steroid dienone is 14. The monoisotopic (exact) mass is 1160 g/mol. The molecular formula is C68H118O14. The van der Waals surface area contributed by atoms with Gasteiger partial charge >= 0.3 is 5.97 Å². The Bertz CT molecular complexity index is 1680. The van der Waals surface area contributed by atoms with Gasteiger partial charge in [-0.1, -0.05) is 247 Å². The lowest BCUT2D eigenvalue weighted by molar-refractivity contribution is -0.332. The SMILES string of the molecule is CC/C=C\C/C=C\C/C=C\C/C=C\C/C=C\C/C=C\C/C=C\CCCCOCC(COC1OC(COC2OC(CO)C(O)C(O)C2O)C(O)C(O)C1O)OC(=O)CCCCCCCCCCCCCCCCCCCCCCCCCC. The van der Waals surface area contributed by atoms with E-state index in [4.69, 9.17) is 28.4 Å². The minimum Gasteiger partial charge on any atom is -0.457 e. The van der Waals surface area contributed by atoms with Crippen LogP contribution in [0.2, 0.25) is 0 Å². The van der Waals surface area contributed by atoms with Crippen molar-refractivity contribution in [3.63, 3.8) is 0 Å². The second kappa shape index (κ2) is 53.6. The van der Waals surface area contributed by atoms with Gasteiger partial charge in [-0.15, -0.1) is 0 Å². The number of hydrogen-bond donors (Lipinski definition) is 7. The van der Waals surface area contributed by atoms with Crippen molar-refractivity contribution in [1.29, 1.82) is 0 Å². The van der Waals surface area contributed by atoms with Crippen molar-refractivity contribution in [3.8, 4) is 0 Å². The largest absolute Gasteiger partial charge is 0.457 e. The average Bonchev–Trinajstić information content (AvgIpc) is 3.58. The predicted octanol–water partition coefficient (Wildman–Crippen LogP) is 13.1. The lowest BCUT2D eigenvalue weighted by Crippen LogP contribution is -2.61. The maximum atomic E-state index is 13.1. The summed E-state index contributed by atoms with van der Waals surface area (Å²) in [6.45, 7) is 3.49. The van der Waals surface area contributed by atoms with Gasteiger partial charge in [0, 0.05) is 13.0 Å². The number of aliphatic hydroxyl groups is 7. The molecule has 0 saturated carbocycles. The van der Waals surface area contributed by atoms with Gasteiger partial charge in [-0.2, -0.15) is 0 Å². The number of carbonyl (C=O) groups is 1. The Morgan fingerprint density at radius 3 is 1.22 bits per heavy atom. The number of unbranched alkanes of at least 4 members (excludes halogenated alkanes) is 25. The molecule has 2 aliphatic rings. The summed E-state index contributed by atoms with van der Waals surface area (Å²) in [7, 11) is 0. The summed E-state index contributed by atoms with van der Waals surface area (Å²) in [4.78, 5) is 13.1. The van der Waals surface area contributed by atoms with Gasteiger partial charge in [0.15, 0.2) is 12.6 Å². The molecule has 14 heteroatoms. The number of aliphatic hydroxyl groups excluding tert-OH is 7. The number of hydrogen-bond acceptors (Lipinski definition) is 14. The van der Waals surface area contributed by atoms with Gasteiger partial charge in [0.05, 0.1) is 26.4 Å². The van der Waals surface area contributed by atoms with Crippen molar-refractivity contribution in [2.75, 3.05) is 33.0 Å². The molecule has 11 atom stereocenters. The molecule has 14 nitrogen and oxygen atoms in total. The smallest absolute Gasteiger partial charge is 0.306 e. The van der Waals surface area contributed by atoms with Gasteiger partial charge < -0.3 is 64.2 Å². The first kappa shape index (κ1) is 75.3. The topological polar surface area (TPSA) is 214 Å². The summed E-state index contributed by atoms with van der Waals surface area (Å²) in [5.74, 6) is -0.389. The minimum atomic E-state index is -1.72. The van der Waals surface area contributed by atoms with E-state index in [-0.39, 0.29) is 25.6 Å². The van der Waals surface area contributed by atoms with Gasteiger partial charge in [0.2, 0.25) is 0 Å². The number of ether oxygens (including phenoxy) is 6. The van der Waals surface area contributed by atoms with Crippen molar-refractivity contribution in [2.45, 2.75) is 306 Å². The van der Waals surface area contributed by atoms with Crippen molar-refractivity contribution in [1.82, 2.24) is 0 Å². The van der Waals surface area contributed by atoms with Crippen LogP contribution in [0.4, 0.5) is 0 Å². The molecule has 82 heavy (non-hydrogen) atoms. The maximum Gasteiger partial charge on any atom is 0.306 e. The first-order valence-electron chi connectivity index (χ1n) is 32.7. The van der Waals surface area contributed by atoms with Crippen LogP contribution in [-0.2, 0) is 33.2 Å². The molecule has 2 rings (SSSR count). The van der Waals surface area contributed by atoms with Crippen LogP contribution in [0.1, 0.15) is 239 Å². The highest BCUT2D eigenvalue weighted by Crippen LogP contribution is 2.27. The Morgan fingerprint density at radius 1 is 0.415 bits per heavy atom. The summed E-state index contributed by atoms with van der Waals surface area (Å²) in [6, 6.07) is 0. The van der Waals surface area contributed by atoms with Gasteiger partial charge in [0.1, 0.15) is 54.9 Å². The van der Waals surface area contributed by atoms with Gasteiger partial charge in [0.25, 0.3) is 0 Å².